The van der Waals surface area contributed by atoms with Crippen molar-refractivity contribution in [3.63, 3.8) is 0 Å². The van der Waals surface area contributed by atoms with Gasteiger partial charge in [-0.2, -0.15) is 0 Å². The first-order valence-corrected chi connectivity index (χ1v) is 11.3. The van der Waals surface area contributed by atoms with Crippen LogP contribution in [0, 0.1) is 5.92 Å². The van der Waals surface area contributed by atoms with E-state index in [1.54, 1.807) is 0 Å². The van der Waals surface area contributed by atoms with Gasteiger partial charge in [-0.25, -0.2) is 8.42 Å². The maximum Gasteiger partial charge on any atom is 0.182 e. The van der Waals surface area contributed by atoms with E-state index in [0.29, 0.717) is 25.0 Å². The Morgan fingerprint density at radius 2 is 1.89 bits per heavy atom. The average molecular weight is 426 g/mol. The molecule has 0 N–H and O–H groups in total. The summed E-state index contributed by atoms with van der Waals surface area (Å²) >= 11 is 6.46. The molecule has 2 aliphatic rings. The maximum atomic E-state index is 12.9. The first-order chi connectivity index (χ1) is 13.1. The third kappa shape index (κ3) is 3.75. The molecule has 28 heavy (non-hydrogen) atoms. The number of carbonyl (C=O) groups is 3. The highest BCUT2D eigenvalue weighted by Gasteiger charge is 2.38. The Hall–Kier alpha value is -2.06. The van der Waals surface area contributed by atoms with Crippen molar-refractivity contribution in [1.29, 1.82) is 0 Å². The molecule has 1 aromatic carbocycles. The Morgan fingerprint density at radius 1 is 1.25 bits per heavy atom. The Balaban J connectivity index is 2.12. The van der Waals surface area contributed by atoms with Crippen LogP contribution in [0.15, 0.2) is 22.2 Å². The monoisotopic (exact) mass is 425 g/mol. The van der Waals surface area contributed by atoms with E-state index in [0.717, 1.165) is 6.26 Å². The van der Waals surface area contributed by atoms with Gasteiger partial charge in [-0.1, -0.05) is 23.7 Å². The molecule has 0 radical (unpaired) electrons. The highest BCUT2D eigenvalue weighted by molar-refractivity contribution is 7.90. The van der Waals surface area contributed by atoms with Crippen LogP contribution in [0.3, 0.4) is 0 Å². The summed E-state index contributed by atoms with van der Waals surface area (Å²) in [7, 11) is -3.67. The van der Waals surface area contributed by atoms with E-state index < -0.39 is 33.1 Å². The minimum absolute atomic E-state index is 0.0553. The molecule has 0 saturated heterocycles. The third-order valence-corrected chi connectivity index (χ3v) is 6.53. The molecule has 1 atom stereocenters. The molecule has 1 fully saturated rings. The van der Waals surface area contributed by atoms with E-state index in [1.807, 2.05) is 6.92 Å². The quantitative estimate of drug-likeness (QED) is 0.530. The van der Waals surface area contributed by atoms with Gasteiger partial charge in [0.15, 0.2) is 27.2 Å². The van der Waals surface area contributed by atoms with Gasteiger partial charge in [-0.3, -0.25) is 14.4 Å². The topological polar surface area (TPSA) is 107 Å². The lowest BCUT2D eigenvalue weighted by atomic mass is 9.81. The van der Waals surface area contributed by atoms with Crippen molar-refractivity contribution in [2.75, 3.05) is 6.26 Å². The second-order valence-electron chi connectivity index (χ2n) is 7.03. The Morgan fingerprint density at radius 3 is 2.43 bits per heavy atom. The standard InChI is InChI=1S/C19H20ClNO6S/c1-3-10-9-12(21-27-10)16-15(28(2,25)26)8-7-11(18(16)20)19(24)17-13(22)5-4-6-14(17)23/h7-8,10,17H,3-6,9H2,1-2H3. The van der Waals surface area contributed by atoms with Gasteiger partial charge in [0.25, 0.3) is 0 Å². The van der Waals surface area contributed by atoms with Crippen molar-refractivity contribution in [1.82, 2.24) is 0 Å². The average Bonchev–Trinajstić information content (AvgIpc) is 3.09. The van der Waals surface area contributed by atoms with Crippen molar-refractivity contribution in [3.8, 4) is 0 Å². The van der Waals surface area contributed by atoms with Crippen LogP contribution < -0.4 is 0 Å². The molecular formula is C19H20ClNO6S. The van der Waals surface area contributed by atoms with Crippen molar-refractivity contribution in [2.45, 2.75) is 50.0 Å². The third-order valence-electron chi connectivity index (χ3n) is 5.00. The summed E-state index contributed by atoms with van der Waals surface area (Å²) < 4.78 is 24.5. The summed E-state index contributed by atoms with van der Waals surface area (Å²) in [4.78, 5) is 42.5. The maximum absolute atomic E-state index is 12.9. The fourth-order valence-electron chi connectivity index (χ4n) is 3.47. The van der Waals surface area contributed by atoms with Crippen LogP contribution in [0.2, 0.25) is 5.02 Å². The zero-order valence-corrected chi connectivity index (χ0v) is 17.1. The number of Topliss-reactive ketones (excluding diaryl/α,β-unsaturated/α-hetero) is 3. The molecule has 1 unspecified atom stereocenters. The molecule has 0 amide bonds. The molecule has 0 spiro atoms. The number of rotatable bonds is 5. The number of hydrogen-bond donors (Lipinski definition) is 0. The lowest BCUT2D eigenvalue weighted by Gasteiger charge is -2.20. The van der Waals surface area contributed by atoms with E-state index in [4.69, 9.17) is 16.4 Å². The summed E-state index contributed by atoms with van der Waals surface area (Å²) in [6.45, 7) is 1.91. The van der Waals surface area contributed by atoms with Gasteiger partial charge >= 0.3 is 0 Å². The molecule has 1 saturated carbocycles. The Bertz CT molecular complexity index is 982. The molecule has 0 bridgehead atoms. The first kappa shape index (κ1) is 20.7. The SMILES string of the molecule is CCC1CC(c2c(S(C)(=O)=O)ccc(C(=O)C3C(=O)CCCC3=O)c2Cl)=NO1. The van der Waals surface area contributed by atoms with Crippen molar-refractivity contribution in [3.05, 3.63) is 28.3 Å². The van der Waals surface area contributed by atoms with Crippen molar-refractivity contribution >= 4 is 44.5 Å². The molecule has 9 heteroatoms. The van der Waals surface area contributed by atoms with E-state index in [-0.39, 0.29) is 40.0 Å². The molecule has 1 aliphatic heterocycles. The summed E-state index contributed by atoms with van der Waals surface area (Å²) in [5, 5.41) is 3.83. The number of benzene rings is 1. The second kappa shape index (κ2) is 7.75. The number of ketones is 3. The summed E-state index contributed by atoms with van der Waals surface area (Å²) in [5.74, 6) is -2.95. The first-order valence-electron chi connectivity index (χ1n) is 9.00. The minimum atomic E-state index is -3.67. The summed E-state index contributed by atoms with van der Waals surface area (Å²) in [6.07, 6.45) is 2.59. The van der Waals surface area contributed by atoms with Gasteiger partial charge in [0, 0.05) is 36.6 Å². The predicted octanol–water partition coefficient (Wildman–Crippen LogP) is 2.77. The Labute approximate surface area is 168 Å². The number of nitrogens with zero attached hydrogens (tertiary/aromatic N) is 1. The predicted molar refractivity (Wildman–Crippen MR) is 103 cm³/mol. The fourth-order valence-corrected chi connectivity index (χ4v) is 4.80. The van der Waals surface area contributed by atoms with E-state index >= 15 is 0 Å². The van der Waals surface area contributed by atoms with Crippen LogP contribution in [0.1, 0.15) is 54.9 Å². The van der Waals surface area contributed by atoms with Gasteiger partial charge in [-0.05, 0) is 25.0 Å². The van der Waals surface area contributed by atoms with Gasteiger partial charge in [0.05, 0.1) is 15.6 Å². The van der Waals surface area contributed by atoms with Crippen LogP contribution in [0.4, 0.5) is 0 Å². The van der Waals surface area contributed by atoms with Gasteiger partial charge < -0.3 is 4.84 Å². The molecule has 3 rings (SSSR count). The van der Waals surface area contributed by atoms with Crippen LogP contribution in [-0.2, 0) is 24.3 Å². The van der Waals surface area contributed by atoms with Crippen LogP contribution in [-0.4, -0.2) is 43.8 Å². The van der Waals surface area contributed by atoms with E-state index in [9.17, 15) is 22.8 Å². The van der Waals surface area contributed by atoms with Crippen molar-refractivity contribution < 1.29 is 27.6 Å². The number of oxime groups is 1. The summed E-state index contributed by atoms with van der Waals surface area (Å²) in [5.41, 5.74) is 0.371. The zero-order chi connectivity index (χ0) is 20.6. The number of carbonyl (C=O) groups excluding carboxylic acids is 3. The normalized spacial score (nSPS) is 20.8. The van der Waals surface area contributed by atoms with Crippen LogP contribution in [0.5, 0.6) is 0 Å². The zero-order valence-electron chi connectivity index (χ0n) is 15.5. The lowest BCUT2D eigenvalue weighted by molar-refractivity contribution is -0.133. The number of halogens is 1. The number of hydrogen-bond acceptors (Lipinski definition) is 7. The van der Waals surface area contributed by atoms with Gasteiger partial charge in [0.2, 0.25) is 0 Å². The van der Waals surface area contributed by atoms with Crippen LogP contribution >= 0.6 is 11.6 Å². The highest BCUT2D eigenvalue weighted by atomic mass is 35.5. The van der Waals surface area contributed by atoms with Crippen molar-refractivity contribution in [2.24, 2.45) is 11.1 Å². The molecule has 1 heterocycles. The second-order valence-corrected chi connectivity index (χ2v) is 9.40. The lowest BCUT2D eigenvalue weighted by Crippen LogP contribution is -2.35. The van der Waals surface area contributed by atoms with Gasteiger partial charge in [0.1, 0.15) is 12.0 Å². The largest absolute Gasteiger partial charge is 0.392 e. The highest BCUT2D eigenvalue weighted by Crippen LogP contribution is 2.34. The van der Waals surface area contributed by atoms with Gasteiger partial charge in [-0.15, -0.1) is 0 Å². The number of sulfone groups is 1. The smallest absolute Gasteiger partial charge is 0.182 e. The van der Waals surface area contributed by atoms with E-state index in [1.165, 1.54) is 12.1 Å². The molecular weight excluding hydrogens is 406 g/mol. The van der Waals surface area contributed by atoms with E-state index in [2.05, 4.69) is 5.16 Å². The molecule has 7 nitrogen and oxygen atoms in total. The minimum Gasteiger partial charge on any atom is -0.392 e. The molecule has 0 aromatic heterocycles. The molecule has 1 aliphatic carbocycles. The van der Waals surface area contributed by atoms with Crippen LogP contribution in [0.25, 0.3) is 0 Å². The fraction of sp³-hybridized carbons (Fsp3) is 0.474. The summed E-state index contributed by atoms with van der Waals surface area (Å²) in [6, 6.07) is 2.52. The molecule has 1 aromatic rings. The Kier molecular flexibility index (Phi) is 5.72. The molecule has 150 valence electrons.